The summed E-state index contributed by atoms with van der Waals surface area (Å²) in [5.74, 6) is 0.956. The molecule has 1 aliphatic carbocycles. The second-order valence-electron chi connectivity index (χ2n) is 8.41. The van der Waals surface area contributed by atoms with Crippen LogP contribution in [0.2, 0.25) is 0 Å². The molecular formula is C25H31N3O5. The van der Waals surface area contributed by atoms with Crippen molar-refractivity contribution in [1.29, 1.82) is 0 Å². The number of carbonyl (C=O) groups is 2. The van der Waals surface area contributed by atoms with Gasteiger partial charge in [0.1, 0.15) is 19.0 Å². The Morgan fingerprint density at radius 2 is 2.00 bits per heavy atom. The molecule has 1 aromatic heterocycles. The average molecular weight is 454 g/mol. The molecule has 1 aromatic carbocycles. The Labute approximate surface area is 194 Å². The molecule has 1 amide bonds. The summed E-state index contributed by atoms with van der Waals surface area (Å²) >= 11 is 0. The Bertz CT molecular complexity index is 971. The lowest BCUT2D eigenvalue weighted by molar-refractivity contribution is -0.151. The number of amides is 1. The number of hydrogen-bond donors (Lipinski definition) is 1. The van der Waals surface area contributed by atoms with Crippen molar-refractivity contribution in [2.75, 3.05) is 31.3 Å². The Morgan fingerprint density at radius 1 is 1.18 bits per heavy atom. The van der Waals surface area contributed by atoms with Crippen molar-refractivity contribution >= 4 is 23.4 Å². The number of para-hydroxylation sites is 1. The number of nitrogens with zero attached hydrogens (tertiary/aromatic N) is 2. The van der Waals surface area contributed by atoms with Crippen LogP contribution >= 0.6 is 0 Å². The van der Waals surface area contributed by atoms with Crippen LogP contribution in [0, 0.1) is 6.92 Å². The molecular weight excluding hydrogens is 422 g/mol. The summed E-state index contributed by atoms with van der Waals surface area (Å²) in [6.07, 6.45) is 5.05. The number of rotatable bonds is 7. The maximum Gasteiger partial charge on any atom is 0.332 e. The van der Waals surface area contributed by atoms with Crippen molar-refractivity contribution in [2.45, 2.75) is 51.7 Å². The molecule has 2 aromatic rings. The van der Waals surface area contributed by atoms with Crippen LogP contribution < -0.4 is 15.0 Å². The van der Waals surface area contributed by atoms with Crippen LogP contribution in [0.3, 0.4) is 0 Å². The Morgan fingerprint density at radius 3 is 2.73 bits per heavy atom. The number of nitrogens with one attached hydrogen (secondary N) is 1. The van der Waals surface area contributed by atoms with E-state index >= 15 is 0 Å². The number of hydrogen-bond acceptors (Lipinski definition) is 7. The van der Waals surface area contributed by atoms with Crippen LogP contribution in [0.4, 0.5) is 11.5 Å². The average Bonchev–Trinajstić information content (AvgIpc) is 2.83. The summed E-state index contributed by atoms with van der Waals surface area (Å²) in [4.78, 5) is 31.2. The molecule has 0 radical (unpaired) electrons. The quantitative estimate of drug-likeness (QED) is 0.641. The van der Waals surface area contributed by atoms with Crippen LogP contribution in [-0.2, 0) is 14.3 Å². The third-order valence-corrected chi connectivity index (χ3v) is 6.01. The number of aryl methyl sites for hydroxylation is 1. The number of aromatic nitrogens is 1. The second kappa shape index (κ2) is 10.7. The Balaban J connectivity index is 1.37. The van der Waals surface area contributed by atoms with Gasteiger partial charge in [-0.3, -0.25) is 4.79 Å². The highest BCUT2D eigenvalue weighted by molar-refractivity contribution is 5.99. The molecule has 0 unspecified atom stereocenters. The molecule has 8 heteroatoms. The van der Waals surface area contributed by atoms with E-state index < -0.39 is 0 Å². The van der Waals surface area contributed by atoms with E-state index in [4.69, 9.17) is 14.2 Å². The van der Waals surface area contributed by atoms with Gasteiger partial charge in [-0.2, -0.15) is 0 Å². The minimum Gasteiger partial charge on any atom is -0.489 e. The maximum absolute atomic E-state index is 13.1. The summed E-state index contributed by atoms with van der Waals surface area (Å²) < 4.78 is 16.5. The normalized spacial score (nSPS) is 19.9. The molecule has 2 aliphatic rings. The van der Waals surface area contributed by atoms with Crippen molar-refractivity contribution in [3.63, 3.8) is 0 Å². The zero-order valence-corrected chi connectivity index (χ0v) is 19.2. The molecule has 0 atom stereocenters. The number of fused-ring (bicyclic) bond motifs is 1. The molecule has 0 bridgehead atoms. The predicted octanol–water partition coefficient (Wildman–Crippen LogP) is 3.54. The highest BCUT2D eigenvalue weighted by atomic mass is 16.6. The van der Waals surface area contributed by atoms with Crippen LogP contribution in [0.15, 0.2) is 36.5 Å². The summed E-state index contributed by atoms with van der Waals surface area (Å²) in [6, 6.07) is 9.71. The van der Waals surface area contributed by atoms with Crippen molar-refractivity contribution in [1.82, 2.24) is 10.3 Å². The first-order valence-corrected chi connectivity index (χ1v) is 11.6. The largest absolute Gasteiger partial charge is 0.489 e. The zero-order valence-electron chi connectivity index (χ0n) is 19.2. The lowest BCUT2D eigenvalue weighted by Gasteiger charge is -2.32. The van der Waals surface area contributed by atoms with Crippen molar-refractivity contribution in [3.8, 4) is 5.75 Å². The van der Waals surface area contributed by atoms with Gasteiger partial charge in [0, 0.05) is 12.2 Å². The molecule has 1 N–H and O–H groups in total. The molecule has 1 fully saturated rings. The number of anilines is 2. The summed E-state index contributed by atoms with van der Waals surface area (Å²) in [5, 5.41) is 3.15. The minimum absolute atomic E-state index is 0.0185. The number of pyridine rings is 1. The molecule has 176 valence electrons. The van der Waals surface area contributed by atoms with Gasteiger partial charge < -0.3 is 24.4 Å². The molecule has 8 nitrogen and oxygen atoms in total. The molecule has 1 saturated carbocycles. The highest BCUT2D eigenvalue weighted by Crippen LogP contribution is 2.38. The van der Waals surface area contributed by atoms with Gasteiger partial charge in [-0.1, -0.05) is 12.1 Å². The molecule has 1 aliphatic heterocycles. The van der Waals surface area contributed by atoms with E-state index in [0.29, 0.717) is 31.1 Å². The van der Waals surface area contributed by atoms with Gasteiger partial charge in [-0.15, -0.1) is 0 Å². The predicted molar refractivity (Wildman–Crippen MR) is 124 cm³/mol. The first-order valence-electron chi connectivity index (χ1n) is 11.6. The van der Waals surface area contributed by atoms with E-state index in [-0.39, 0.29) is 30.6 Å². The van der Waals surface area contributed by atoms with Gasteiger partial charge in [-0.05, 0) is 63.3 Å². The van der Waals surface area contributed by atoms with Crippen molar-refractivity contribution < 1.29 is 23.8 Å². The van der Waals surface area contributed by atoms with Gasteiger partial charge in [0.25, 0.3) is 5.91 Å². The number of esters is 1. The van der Waals surface area contributed by atoms with Crippen LogP contribution in [-0.4, -0.2) is 55.4 Å². The van der Waals surface area contributed by atoms with Crippen molar-refractivity contribution in [2.24, 2.45) is 0 Å². The Kier molecular flexibility index (Phi) is 7.44. The fourth-order valence-electron chi connectivity index (χ4n) is 4.31. The highest BCUT2D eigenvalue weighted by Gasteiger charge is 2.28. The standard InChI is InChI=1S/C25H31N3O5/c1-3-31-23(29)16-33-19-10-8-18(9-11-19)27-25(30)20-5-4-6-21-24(20)32-14-13-28(21)22-12-7-17(2)15-26-22/h4-7,12,15,18-19H,3,8-11,13-14,16H2,1-2H3,(H,27,30)/t18-,19-. The lowest BCUT2D eigenvalue weighted by atomic mass is 9.92. The maximum atomic E-state index is 13.1. The van der Waals surface area contributed by atoms with Gasteiger partial charge in [0.2, 0.25) is 0 Å². The van der Waals surface area contributed by atoms with Gasteiger partial charge >= 0.3 is 5.97 Å². The van der Waals surface area contributed by atoms with Crippen molar-refractivity contribution in [3.05, 3.63) is 47.7 Å². The van der Waals surface area contributed by atoms with E-state index in [0.717, 1.165) is 42.8 Å². The first-order chi connectivity index (χ1) is 16.0. The summed E-state index contributed by atoms with van der Waals surface area (Å²) in [5.41, 5.74) is 2.48. The van der Waals surface area contributed by atoms with E-state index in [1.54, 1.807) is 13.0 Å². The SMILES string of the molecule is CCOC(=O)CO[C@H]1CC[C@H](NC(=O)c2cccc3c2OCCN3c2ccc(C)cn2)CC1. The topological polar surface area (TPSA) is 90.0 Å². The lowest BCUT2D eigenvalue weighted by Crippen LogP contribution is -2.40. The smallest absolute Gasteiger partial charge is 0.332 e. The first kappa shape index (κ1) is 23.0. The molecule has 0 saturated heterocycles. The summed E-state index contributed by atoms with van der Waals surface area (Å²) in [6.45, 7) is 5.27. The molecule has 4 rings (SSSR count). The van der Waals surface area contributed by atoms with Crippen LogP contribution in [0.1, 0.15) is 48.5 Å². The van der Waals surface area contributed by atoms with Gasteiger partial charge in [0.05, 0.1) is 30.5 Å². The Hall–Kier alpha value is -3.13. The molecule has 0 spiro atoms. The third kappa shape index (κ3) is 5.63. The third-order valence-electron chi connectivity index (χ3n) is 6.01. The van der Waals surface area contributed by atoms with E-state index in [9.17, 15) is 9.59 Å². The van der Waals surface area contributed by atoms with Gasteiger partial charge in [-0.25, -0.2) is 9.78 Å². The second-order valence-corrected chi connectivity index (χ2v) is 8.41. The molecule has 2 heterocycles. The summed E-state index contributed by atoms with van der Waals surface area (Å²) in [7, 11) is 0. The number of ether oxygens (including phenoxy) is 3. The van der Waals surface area contributed by atoms with E-state index in [1.807, 2.05) is 37.4 Å². The fourth-order valence-corrected chi connectivity index (χ4v) is 4.31. The minimum atomic E-state index is -0.336. The number of benzene rings is 1. The van der Waals surface area contributed by atoms with Gasteiger partial charge in [0.15, 0.2) is 5.75 Å². The zero-order chi connectivity index (χ0) is 23.2. The molecule has 33 heavy (non-hydrogen) atoms. The fraction of sp³-hybridized carbons (Fsp3) is 0.480. The van der Waals surface area contributed by atoms with E-state index in [2.05, 4.69) is 15.2 Å². The van der Waals surface area contributed by atoms with E-state index in [1.165, 1.54) is 0 Å². The monoisotopic (exact) mass is 453 g/mol. The van der Waals surface area contributed by atoms with Crippen LogP contribution in [0.25, 0.3) is 0 Å². The van der Waals surface area contributed by atoms with Crippen LogP contribution in [0.5, 0.6) is 5.75 Å². The number of carbonyl (C=O) groups excluding carboxylic acids is 2.